The molecule has 0 unspecified atom stereocenters. The molecule has 1 saturated carbocycles. The maximum atomic E-state index is 6.21. The van der Waals surface area contributed by atoms with Gasteiger partial charge in [-0.25, -0.2) is 0 Å². The second-order valence-corrected chi connectivity index (χ2v) is 6.37. The van der Waals surface area contributed by atoms with Crippen LogP contribution in [0.4, 0.5) is 5.69 Å². The van der Waals surface area contributed by atoms with Gasteiger partial charge in [0.25, 0.3) is 0 Å². The highest BCUT2D eigenvalue weighted by atomic mass is 15.0. The Bertz CT molecular complexity index is 597. The Labute approximate surface area is 121 Å². The van der Waals surface area contributed by atoms with E-state index in [0.29, 0.717) is 0 Å². The summed E-state index contributed by atoms with van der Waals surface area (Å²) >= 11 is 0. The number of anilines is 1. The summed E-state index contributed by atoms with van der Waals surface area (Å²) in [5, 5.41) is 6.23. The van der Waals surface area contributed by atoms with Gasteiger partial charge in [-0.1, -0.05) is 43.5 Å². The van der Waals surface area contributed by atoms with Crippen LogP contribution in [-0.4, -0.2) is 5.54 Å². The van der Waals surface area contributed by atoms with Crippen LogP contribution in [-0.2, 0) is 6.54 Å². The summed E-state index contributed by atoms with van der Waals surface area (Å²) < 4.78 is 0. The predicted molar refractivity (Wildman–Crippen MR) is 86.7 cm³/mol. The third-order valence-corrected chi connectivity index (χ3v) is 4.67. The zero-order valence-corrected chi connectivity index (χ0v) is 12.3. The fourth-order valence-corrected chi connectivity index (χ4v) is 3.28. The third kappa shape index (κ3) is 2.80. The van der Waals surface area contributed by atoms with Crippen molar-refractivity contribution in [1.82, 2.24) is 5.32 Å². The minimum Gasteiger partial charge on any atom is -0.398 e. The van der Waals surface area contributed by atoms with Gasteiger partial charge >= 0.3 is 0 Å². The van der Waals surface area contributed by atoms with Crippen molar-refractivity contribution in [1.29, 1.82) is 0 Å². The molecule has 3 rings (SSSR count). The van der Waals surface area contributed by atoms with E-state index < -0.39 is 0 Å². The largest absolute Gasteiger partial charge is 0.398 e. The van der Waals surface area contributed by atoms with Crippen molar-refractivity contribution >= 4 is 16.5 Å². The Balaban J connectivity index is 1.78. The van der Waals surface area contributed by atoms with Crippen molar-refractivity contribution in [3.8, 4) is 0 Å². The molecule has 2 heteroatoms. The van der Waals surface area contributed by atoms with Gasteiger partial charge in [-0.3, -0.25) is 0 Å². The van der Waals surface area contributed by atoms with Gasteiger partial charge in [-0.2, -0.15) is 0 Å². The van der Waals surface area contributed by atoms with Crippen molar-refractivity contribution in [3.05, 3.63) is 42.0 Å². The molecule has 2 nitrogen and oxygen atoms in total. The summed E-state index contributed by atoms with van der Waals surface area (Å²) in [6.07, 6.45) is 6.63. The molecule has 2 aromatic rings. The molecule has 1 aliphatic rings. The van der Waals surface area contributed by atoms with E-state index in [2.05, 4.69) is 48.6 Å². The van der Waals surface area contributed by atoms with Crippen LogP contribution in [0, 0.1) is 0 Å². The maximum Gasteiger partial charge on any atom is 0.0366 e. The molecule has 0 radical (unpaired) electrons. The highest BCUT2D eigenvalue weighted by Crippen LogP contribution is 2.29. The zero-order chi connectivity index (χ0) is 14.0. The van der Waals surface area contributed by atoms with Crippen LogP contribution in [0.2, 0.25) is 0 Å². The number of nitrogen functional groups attached to an aromatic ring is 1. The van der Waals surface area contributed by atoms with Gasteiger partial charge in [0.1, 0.15) is 0 Å². The highest BCUT2D eigenvalue weighted by molar-refractivity contribution is 5.86. The van der Waals surface area contributed by atoms with E-state index in [1.807, 2.05) is 0 Å². The Morgan fingerprint density at radius 1 is 1.05 bits per heavy atom. The maximum absolute atomic E-state index is 6.21. The lowest BCUT2D eigenvalue weighted by molar-refractivity contribution is 0.252. The lowest BCUT2D eigenvalue weighted by Crippen LogP contribution is -2.43. The van der Waals surface area contributed by atoms with Gasteiger partial charge in [0.2, 0.25) is 0 Å². The molecule has 20 heavy (non-hydrogen) atoms. The molecule has 2 aromatic carbocycles. The molecular weight excluding hydrogens is 244 g/mol. The number of rotatable bonds is 3. The molecule has 0 saturated heterocycles. The van der Waals surface area contributed by atoms with Crippen LogP contribution < -0.4 is 11.1 Å². The van der Waals surface area contributed by atoms with Gasteiger partial charge < -0.3 is 11.1 Å². The number of hydrogen-bond donors (Lipinski definition) is 2. The number of nitrogens with two attached hydrogens (primary N) is 1. The highest BCUT2D eigenvalue weighted by Gasteiger charge is 2.25. The zero-order valence-electron chi connectivity index (χ0n) is 12.3. The first-order chi connectivity index (χ1) is 9.66. The Morgan fingerprint density at radius 3 is 2.40 bits per heavy atom. The molecule has 0 amide bonds. The quantitative estimate of drug-likeness (QED) is 0.817. The smallest absolute Gasteiger partial charge is 0.0366 e. The molecule has 1 fully saturated rings. The van der Waals surface area contributed by atoms with Crippen molar-refractivity contribution in [2.75, 3.05) is 5.73 Å². The van der Waals surface area contributed by atoms with Crippen LogP contribution in [0.3, 0.4) is 0 Å². The van der Waals surface area contributed by atoms with Gasteiger partial charge in [-0.15, -0.1) is 0 Å². The van der Waals surface area contributed by atoms with Crippen molar-refractivity contribution in [2.24, 2.45) is 0 Å². The van der Waals surface area contributed by atoms with E-state index >= 15 is 0 Å². The second-order valence-electron chi connectivity index (χ2n) is 6.37. The molecule has 3 N–H and O–H groups in total. The SMILES string of the molecule is CC1(NCc2cc3ccccc3cc2N)CCCCC1. The average molecular weight is 268 g/mol. The molecule has 0 spiro atoms. The minimum absolute atomic E-state index is 0.288. The molecule has 0 bridgehead atoms. The van der Waals surface area contributed by atoms with Crippen LogP contribution in [0.25, 0.3) is 10.8 Å². The molecular formula is C18H24N2. The second kappa shape index (κ2) is 5.45. The minimum atomic E-state index is 0.288. The number of benzene rings is 2. The van der Waals surface area contributed by atoms with Gasteiger partial charge in [0.05, 0.1) is 0 Å². The van der Waals surface area contributed by atoms with E-state index in [1.165, 1.54) is 48.4 Å². The molecule has 106 valence electrons. The summed E-state index contributed by atoms with van der Waals surface area (Å²) in [5.74, 6) is 0. The summed E-state index contributed by atoms with van der Waals surface area (Å²) in [4.78, 5) is 0. The number of hydrogen-bond acceptors (Lipinski definition) is 2. The van der Waals surface area contributed by atoms with Crippen LogP contribution in [0.15, 0.2) is 36.4 Å². The Kier molecular flexibility index (Phi) is 3.66. The topological polar surface area (TPSA) is 38.0 Å². The van der Waals surface area contributed by atoms with Gasteiger partial charge in [-0.05, 0) is 48.2 Å². The normalized spacial score (nSPS) is 18.2. The molecule has 1 aliphatic carbocycles. The molecule has 0 atom stereocenters. The van der Waals surface area contributed by atoms with Crippen LogP contribution in [0.1, 0.15) is 44.6 Å². The Morgan fingerprint density at radius 2 is 1.70 bits per heavy atom. The van der Waals surface area contributed by atoms with Gasteiger partial charge in [0, 0.05) is 17.8 Å². The molecule has 0 aromatic heterocycles. The van der Waals surface area contributed by atoms with Crippen molar-refractivity contribution < 1.29 is 0 Å². The standard InChI is InChI=1S/C18H24N2/c1-18(9-5-2-6-10-18)20-13-16-11-14-7-3-4-8-15(14)12-17(16)19/h3-4,7-8,11-12,20H,2,5-6,9-10,13,19H2,1H3. The van der Waals surface area contributed by atoms with E-state index in [1.54, 1.807) is 0 Å². The van der Waals surface area contributed by atoms with Gasteiger partial charge in [0.15, 0.2) is 0 Å². The summed E-state index contributed by atoms with van der Waals surface area (Å²) in [5.41, 5.74) is 8.61. The first-order valence-electron chi connectivity index (χ1n) is 7.68. The summed E-state index contributed by atoms with van der Waals surface area (Å²) in [6, 6.07) is 12.7. The lowest BCUT2D eigenvalue weighted by Gasteiger charge is -2.35. The van der Waals surface area contributed by atoms with Crippen molar-refractivity contribution in [2.45, 2.75) is 51.1 Å². The first kappa shape index (κ1) is 13.4. The third-order valence-electron chi connectivity index (χ3n) is 4.67. The van der Waals surface area contributed by atoms with E-state index in [-0.39, 0.29) is 5.54 Å². The number of nitrogens with one attached hydrogen (secondary N) is 1. The summed E-state index contributed by atoms with van der Waals surface area (Å²) in [7, 11) is 0. The van der Waals surface area contributed by atoms with Crippen LogP contribution in [0.5, 0.6) is 0 Å². The average Bonchev–Trinajstić information content (AvgIpc) is 2.46. The van der Waals surface area contributed by atoms with E-state index in [9.17, 15) is 0 Å². The number of fused-ring (bicyclic) bond motifs is 1. The van der Waals surface area contributed by atoms with E-state index in [4.69, 9.17) is 5.73 Å². The summed E-state index contributed by atoms with van der Waals surface area (Å²) in [6.45, 7) is 3.22. The fourth-order valence-electron chi connectivity index (χ4n) is 3.28. The van der Waals surface area contributed by atoms with Crippen molar-refractivity contribution in [3.63, 3.8) is 0 Å². The van der Waals surface area contributed by atoms with Crippen LogP contribution >= 0.6 is 0 Å². The van der Waals surface area contributed by atoms with E-state index in [0.717, 1.165) is 12.2 Å². The Hall–Kier alpha value is -1.54. The first-order valence-corrected chi connectivity index (χ1v) is 7.68. The molecule has 0 aliphatic heterocycles. The fraction of sp³-hybridized carbons (Fsp3) is 0.444. The predicted octanol–water partition coefficient (Wildman–Crippen LogP) is 4.23. The molecule has 0 heterocycles. The monoisotopic (exact) mass is 268 g/mol. The lowest BCUT2D eigenvalue weighted by atomic mass is 9.83.